The maximum Gasteiger partial charge on any atom is 0.327 e. The Morgan fingerprint density at radius 3 is 2.68 bits per heavy atom. The zero-order valence-electron chi connectivity index (χ0n) is 17.7. The minimum atomic E-state index is -2.61. The summed E-state index contributed by atoms with van der Waals surface area (Å²) in [5.41, 5.74) is 6.15. The molecule has 0 saturated heterocycles. The number of imidazole rings is 1. The average Bonchev–Trinajstić information content (AvgIpc) is 3.14. The van der Waals surface area contributed by atoms with Crippen LogP contribution < -0.4 is 10.5 Å². The van der Waals surface area contributed by atoms with Crippen molar-refractivity contribution >= 4 is 25.8 Å². The predicted octanol–water partition coefficient (Wildman–Crippen LogP) is 1.99. The van der Waals surface area contributed by atoms with Gasteiger partial charge in [-0.2, -0.15) is 9.97 Å². The Labute approximate surface area is 180 Å². The van der Waals surface area contributed by atoms with Gasteiger partial charge in [0.1, 0.15) is 19.5 Å². The first kappa shape index (κ1) is 25.2. The summed E-state index contributed by atoms with van der Waals surface area (Å²) in [6.07, 6.45) is -1.37. The SMILES string of the molecule is CCOc1nc(N)nc2c1ncn2[C@@H](CO)O[C@](F)(COP=O)[C@H](C)OCOC(C)C. The number of fused-ring (bicyclic) bond motifs is 1. The van der Waals surface area contributed by atoms with Crippen LogP contribution in [0, 0.1) is 0 Å². The molecule has 2 aromatic rings. The monoisotopic (exact) mass is 463 g/mol. The van der Waals surface area contributed by atoms with Gasteiger partial charge in [0.05, 0.1) is 25.6 Å². The largest absolute Gasteiger partial charge is 0.476 e. The maximum absolute atomic E-state index is 15.7. The number of ether oxygens (including phenoxy) is 4. The first-order chi connectivity index (χ1) is 14.8. The van der Waals surface area contributed by atoms with Crippen molar-refractivity contribution in [2.45, 2.75) is 52.0 Å². The molecule has 0 amide bonds. The van der Waals surface area contributed by atoms with E-state index in [1.165, 1.54) is 17.8 Å². The summed E-state index contributed by atoms with van der Waals surface area (Å²) in [6.45, 7) is 5.44. The van der Waals surface area contributed by atoms with E-state index >= 15 is 4.39 Å². The molecule has 0 radical (unpaired) electrons. The molecule has 3 atom stereocenters. The highest BCUT2D eigenvalue weighted by atomic mass is 31.1. The fraction of sp³-hybridized carbons (Fsp3) is 0.706. The molecule has 3 N–H and O–H groups in total. The molecular weight excluding hydrogens is 436 g/mol. The predicted molar refractivity (Wildman–Crippen MR) is 107 cm³/mol. The summed E-state index contributed by atoms with van der Waals surface area (Å²) in [7, 11) is -0.746. The molecule has 174 valence electrons. The van der Waals surface area contributed by atoms with Crippen LogP contribution in [-0.4, -0.2) is 69.3 Å². The molecule has 0 aliphatic rings. The summed E-state index contributed by atoms with van der Waals surface area (Å²) in [6, 6.07) is 0. The normalized spacial score (nSPS) is 16.0. The molecule has 0 saturated carbocycles. The van der Waals surface area contributed by atoms with E-state index in [0.29, 0.717) is 6.61 Å². The van der Waals surface area contributed by atoms with Crippen LogP contribution in [0.25, 0.3) is 11.2 Å². The number of halogens is 1. The summed E-state index contributed by atoms with van der Waals surface area (Å²) in [5, 5.41) is 9.90. The molecule has 2 aromatic heterocycles. The molecule has 2 rings (SSSR count). The van der Waals surface area contributed by atoms with Gasteiger partial charge in [-0.15, -0.1) is 0 Å². The number of hydrogen-bond acceptors (Lipinski definition) is 11. The minimum absolute atomic E-state index is 0.100. The number of nitrogens with two attached hydrogens (primary N) is 1. The first-order valence-electron chi connectivity index (χ1n) is 9.53. The molecule has 0 unspecified atom stereocenters. The van der Waals surface area contributed by atoms with Gasteiger partial charge in [0.15, 0.2) is 17.4 Å². The number of anilines is 1. The lowest BCUT2D eigenvalue weighted by Crippen LogP contribution is -2.46. The molecule has 0 fully saturated rings. The highest BCUT2D eigenvalue weighted by molar-refractivity contribution is 7.17. The quantitative estimate of drug-likeness (QED) is 0.312. The van der Waals surface area contributed by atoms with Gasteiger partial charge < -0.3 is 29.8 Å². The first-order valence-corrected chi connectivity index (χ1v) is 10.3. The number of alkyl halides is 1. The lowest BCUT2D eigenvalue weighted by Gasteiger charge is -2.33. The van der Waals surface area contributed by atoms with Gasteiger partial charge in [-0.25, -0.2) is 13.9 Å². The molecule has 0 spiro atoms. The van der Waals surface area contributed by atoms with E-state index in [2.05, 4.69) is 15.0 Å². The van der Waals surface area contributed by atoms with Gasteiger partial charge in [-0.1, -0.05) is 0 Å². The van der Waals surface area contributed by atoms with Crippen molar-refractivity contribution in [1.82, 2.24) is 19.5 Å². The van der Waals surface area contributed by atoms with Crippen LogP contribution in [0.2, 0.25) is 0 Å². The second-order valence-corrected chi connectivity index (χ2v) is 7.08. The van der Waals surface area contributed by atoms with Crippen molar-refractivity contribution in [3.8, 4) is 5.88 Å². The number of rotatable bonds is 14. The second-order valence-electron chi connectivity index (χ2n) is 6.68. The van der Waals surface area contributed by atoms with Gasteiger partial charge in [-0.05, 0) is 27.7 Å². The molecular formula is C17H27FN5O7P. The highest BCUT2D eigenvalue weighted by Gasteiger charge is 2.42. The van der Waals surface area contributed by atoms with E-state index in [1.54, 1.807) is 20.8 Å². The van der Waals surface area contributed by atoms with Crippen LogP contribution in [0.15, 0.2) is 6.33 Å². The summed E-state index contributed by atoms with van der Waals surface area (Å²) < 4.78 is 54.0. The number of aliphatic hydroxyl groups excluding tert-OH is 1. The topological polar surface area (TPSA) is 153 Å². The Balaban J connectivity index is 2.33. The highest BCUT2D eigenvalue weighted by Crippen LogP contribution is 2.31. The lowest BCUT2D eigenvalue weighted by molar-refractivity contribution is -0.283. The third kappa shape index (κ3) is 6.48. The molecule has 2 heterocycles. The van der Waals surface area contributed by atoms with Crippen molar-refractivity contribution in [1.29, 1.82) is 0 Å². The number of aromatic nitrogens is 4. The molecule has 0 aliphatic carbocycles. The summed E-state index contributed by atoms with van der Waals surface area (Å²) in [5.74, 6) is -2.57. The fourth-order valence-corrected chi connectivity index (χ4v) is 2.76. The van der Waals surface area contributed by atoms with Crippen molar-refractivity contribution < 1.29 is 37.5 Å². The molecule has 12 nitrogen and oxygen atoms in total. The zero-order chi connectivity index (χ0) is 23.0. The average molecular weight is 463 g/mol. The van der Waals surface area contributed by atoms with Gasteiger partial charge in [0, 0.05) is 0 Å². The molecule has 0 aliphatic heterocycles. The smallest absolute Gasteiger partial charge is 0.327 e. The van der Waals surface area contributed by atoms with Crippen molar-refractivity contribution in [2.24, 2.45) is 0 Å². The van der Waals surface area contributed by atoms with Gasteiger partial charge in [-0.3, -0.25) is 9.09 Å². The van der Waals surface area contributed by atoms with Crippen LogP contribution in [-0.2, 0) is 23.3 Å². The van der Waals surface area contributed by atoms with E-state index in [4.69, 9.17) is 29.2 Å². The van der Waals surface area contributed by atoms with Crippen LogP contribution in [0.5, 0.6) is 5.88 Å². The third-order valence-corrected chi connectivity index (χ3v) is 4.36. The Bertz CT molecular complexity index is 858. The van der Waals surface area contributed by atoms with Crippen molar-refractivity contribution in [2.75, 3.05) is 32.3 Å². The number of aliphatic hydroxyl groups is 1. The number of hydrogen-bond donors (Lipinski definition) is 2. The Morgan fingerprint density at radius 1 is 1.32 bits per heavy atom. The molecule has 31 heavy (non-hydrogen) atoms. The van der Waals surface area contributed by atoms with E-state index < -0.39 is 40.1 Å². The Hall–Kier alpha value is -2.02. The third-order valence-electron chi connectivity index (χ3n) is 4.13. The van der Waals surface area contributed by atoms with Crippen LogP contribution in [0.4, 0.5) is 10.3 Å². The van der Waals surface area contributed by atoms with Crippen molar-refractivity contribution in [3.05, 3.63) is 6.33 Å². The minimum Gasteiger partial charge on any atom is -0.476 e. The van der Waals surface area contributed by atoms with Crippen LogP contribution in [0.1, 0.15) is 33.9 Å². The second kappa shape index (κ2) is 11.6. The Morgan fingerprint density at radius 2 is 2.06 bits per heavy atom. The zero-order valence-corrected chi connectivity index (χ0v) is 18.6. The fourth-order valence-electron chi connectivity index (χ4n) is 2.53. The summed E-state index contributed by atoms with van der Waals surface area (Å²) >= 11 is 0. The van der Waals surface area contributed by atoms with Crippen LogP contribution >= 0.6 is 8.69 Å². The Kier molecular flexibility index (Phi) is 9.41. The number of nitrogen functional groups attached to an aromatic ring is 1. The molecule has 0 aromatic carbocycles. The number of nitrogens with zero attached hydrogens (tertiary/aromatic N) is 4. The van der Waals surface area contributed by atoms with Gasteiger partial charge >= 0.3 is 8.69 Å². The van der Waals surface area contributed by atoms with Crippen LogP contribution in [0.3, 0.4) is 0 Å². The van der Waals surface area contributed by atoms with E-state index in [9.17, 15) is 9.67 Å². The molecule has 0 bridgehead atoms. The van der Waals surface area contributed by atoms with E-state index in [-0.39, 0.29) is 35.9 Å². The maximum atomic E-state index is 15.7. The lowest BCUT2D eigenvalue weighted by atomic mass is 10.2. The molecule has 14 heteroatoms. The van der Waals surface area contributed by atoms with Crippen molar-refractivity contribution in [3.63, 3.8) is 0 Å². The van der Waals surface area contributed by atoms with Gasteiger partial charge in [0.2, 0.25) is 11.8 Å². The standard InChI is InChI=1S/C17H27FN5O7P/c1-5-26-15-13-14(21-16(19)22-15)23(8-20-13)12(6-24)30-17(18,7-29-31-25)11(4)28-9-27-10(2)3/h8,10-12,24H,5-7,9H2,1-4H3,(H2,19,21,22)/t11-,12+,17+/m0/s1. The van der Waals surface area contributed by atoms with E-state index in [0.717, 1.165) is 0 Å². The van der Waals surface area contributed by atoms with Gasteiger partial charge in [0.25, 0.3) is 5.85 Å². The van der Waals surface area contributed by atoms with E-state index in [1.807, 2.05) is 0 Å². The summed E-state index contributed by atoms with van der Waals surface area (Å²) in [4.78, 5) is 12.2.